The summed E-state index contributed by atoms with van der Waals surface area (Å²) >= 11 is 1.94. The predicted octanol–water partition coefficient (Wildman–Crippen LogP) is 2.96. The van der Waals surface area contributed by atoms with Gasteiger partial charge in [-0.15, -0.1) is 0 Å². The van der Waals surface area contributed by atoms with Crippen molar-refractivity contribution in [1.82, 2.24) is 10.6 Å². The van der Waals surface area contributed by atoms with Gasteiger partial charge in [-0.3, -0.25) is 10.1 Å². The lowest BCUT2D eigenvalue weighted by Crippen LogP contribution is -2.58. The van der Waals surface area contributed by atoms with Crippen LogP contribution in [0.4, 0.5) is 0 Å². The Morgan fingerprint density at radius 2 is 1.95 bits per heavy atom. The molecule has 0 radical (unpaired) electrons. The van der Waals surface area contributed by atoms with E-state index in [0.717, 1.165) is 50.3 Å². The molecule has 0 aromatic heterocycles. The molecule has 116 valence electrons. The molecule has 2 N–H and O–H groups in total. The number of hydrogen-bond donors (Lipinski definition) is 2. The Hall–Kier alpha value is -1.00. The van der Waals surface area contributed by atoms with Crippen molar-refractivity contribution in [3.8, 4) is 0 Å². The van der Waals surface area contributed by atoms with Gasteiger partial charge < -0.3 is 5.32 Å². The molecule has 4 heteroatoms. The second-order valence-corrected chi connectivity index (χ2v) is 6.87. The Kier molecular flexibility index (Phi) is 6.58. The van der Waals surface area contributed by atoms with Crippen LogP contribution in [0, 0.1) is 0 Å². The van der Waals surface area contributed by atoms with Gasteiger partial charge in [0.1, 0.15) is 0 Å². The Morgan fingerprint density at radius 1 is 1.24 bits per heavy atom. The number of nitrogens with one attached hydrogen (secondary N) is 2. The highest BCUT2D eigenvalue weighted by Gasteiger charge is 2.38. The first-order valence-corrected chi connectivity index (χ1v) is 9.07. The Labute approximate surface area is 132 Å². The van der Waals surface area contributed by atoms with Gasteiger partial charge in [-0.25, -0.2) is 0 Å². The van der Waals surface area contributed by atoms with Crippen LogP contribution in [-0.2, 0) is 11.3 Å². The molecule has 1 amide bonds. The van der Waals surface area contributed by atoms with Crippen molar-refractivity contribution in [3.05, 3.63) is 35.9 Å². The second kappa shape index (κ2) is 8.44. The number of amides is 1. The summed E-state index contributed by atoms with van der Waals surface area (Å²) in [5.74, 6) is 2.30. The van der Waals surface area contributed by atoms with Crippen LogP contribution >= 0.6 is 11.8 Å². The van der Waals surface area contributed by atoms with E-state index in [1.165, 1.54) is 5.56 Å². The summed E-state index contributed by atoms with van der Waals surface area (Å²) in [6.07, 6.45) is 4.00. The smallest absolute Gasteiger partial charge is 0.240 e. The highest BCUT2D eigenvalue weighted by Crippen LogP contribution is 2.27. The molecule has 1 aliphatic heterocycles. The number of carbonyl (C=O) groups is 1. The molecule has 1 saturated heterocycles. The fourth-order valence-electron chi connectivity index (χ4n) is 2.62. The van der Waals surface area contributed by atoms with Crippen molar-refractivity contribution >= 4 is 17.7 Å². The van der Waals surface area contributed by atoms with Gasteiger partial charge in [0.25, 0.3) is 0 Å². The second-order valence-electron chi connectivity index (χ2n) is 5.64. The molecule has 0 spiro atoms. The van der Waals surface area contributed by atoms with Crippen molar-refractivity contribution < 1.29 is 4.79 Å². The fraction of sp³-hybridized carbons (Fsp3) is 0.588. The van der Waals surface area contributed by atoms with Crippen LogP contribution in [0.3, 0.4) is 0 Å². The number of hydrogen-bond acceptors (Lipinski definition) is 3. The van der Waals surface area contributed by atoms with Gasteiger partial charge >= 0.3 is 0 Å². The van der Waals surface area contributed by atoms with E-state index in [1.54, 1.807) is 0 Å². The summed E-state index contributed by atoms with van der Waals surface area (Å²) in [7, 11) is 0. The minimum atomic E-state index is -0.380. The fourth-order valence-corrected chi connectivity index (χ4v) is 3.81. The first kappa shape index (κ1) is 16.4. The predicted molar refractivity (Wildman–Crippen MR) is 90.5 cm³/mol. The van der Waals surface area contributed by atoms with Gasteiger partial charge in [0.2, 0.25) is 5.91 Å². The summed E-state index contributed by atoms with van der Waals surface area (Å²) in [6.45, 7) is 3.69. The van der Waals surface area contributed by atoms with E-state index in [9.17, 15) is 4.79 Å². The Morgan fingerprint density at radius 3 is 2.62 bits per heavy atom. The topological polar surface area (TPSA) is 41.1 Å². The van der Waals surface area contributed by atoms with Gasteiger partial charge in [-0.1, -0.05) is 43.7 Å². The molecule has 2 rings (SSSR count). The summed E-state index contributed by atoms with van der Waals surface area (Å²) in [5, 5.41) is 6.67. The minimum absolute atomic E-state index is 0.187. The molecular formula is C17H26N2OS. The van der Waals surface area contributed by atoms with Crippen molar-refractivity contribution in [3.63, 3.8) is 0 Å². The van der Waals surface area contributed by atoms with Crippen LogP contribution in [0.1, 0.15) is 38.2 Å². The van der Waals surface area contributed by atoms with E-state index >= 15 is 0 Å². The maximum absolute atomic E-state index is 12.6. The van der Waals surface area contributed by atoms with E-state index in [4.69, 9.17) is 0 Å². The molecule has 3 nitrogen and oxygen atoms in total. The maximum atomic E-state index is 12.6. The monoisotopic (exact) mass is 306 g/mol. The van der Waals surface area contributed by atoms with Crippen molar-refractivity contribution in [2.45, 2.75) is 44.7 Å². The molecule has 0 unspecified atom stereocenters. The number of benzene rings is 1. The van der Waals surface area contributed by atoms with Crippen molar-refractivity contribution in [2.24, 2.45) is 0 Å². The van der Waals surface area contributed by atoms with Gasteiger partial charge in [0.15, 0.2) is 0 Å². The van der Waals surface area contributed by atoms with E-state index in [1.807, 2.05) is 30.0 Å². The Bertz CT molecular complexity index is 430. The standard InChI is InChI=1S/C17H26N2OS/c1-2-3-11-18-16(20)17(9-12-21-13-10-17)19-14-15-7-5-4-6-8-15/h4-8,19H,2-3,9-14H2,1H3,(H,18,20). The SMILES string of the molecule is CCCCNC(=O)C1(NCc2ccccc2)CCSCC1. The van der Waals surface area contributed by atoms with Crippen LogP contribution in [-0.4, -0.2) is 29.5 Å². The van der Waals surface area contributed by atoms with Gasteiger partial charge in [0, 0.05) is 13.1 Å². The zero-order valence-corrected chi connectivity index (χ0v) is 13.7. The van der Waals surface area contributed by atoms with E-state index in [2.05, 4.69) is 29.7 Å². The van der Waals surface area contributed by atoms with Crippen molar-refractivity contribution in [1.29, 1.82) is 0 Å². The summed E-state index contributed by atoms with van der Waals surface area (Å²) in [5.41, 5.74) is 0.853. The molecule has 0 atom stereocenters. The van der Waals surface area contributed by atoms with E-state index < -0.39 is 0 Å². The van der Waals surface area contributed by atoms with Crippen LogP contribution in [0.15, 0.2) is 30.3 Å². The molecule has 1 aromatic rings. The maximum Gasteiger partial charge on any atom is 0.240 e. The van der Waals surface area contributed by atoms with Gasteiger partial charge in [-0.05, 0) is 36.3 Å². The zero-order chi connectivity index (χ0) is 15.0. The highest BCUT2D eigenvalue weighted by atomic mass is 32.2. The van der Waals surface area contributed by atoms with E-state index in [0.29, 0.717) is 0 Å². The summed E-state index contributed by atoms with van der Waals surface area (Å²) < 4.78 is 0. The Balaban J connectivity index is 1.97. The molecule has 0 bridgehead atoms. The van der Waals surface area contributed by atoms with Gasteiger partial charge in [0.05, 0.1) is 5.54 Å². The third-order valence-corrected chi connectivity index (χ3v) is 5.06. The number of rotatable bonds is 7. The van der Waals surface area contributed by atoms with Crippen molar-refractivity contribution in [2.75, 3.05) is 18.1 Å². The number of unbranched alkanes of at least 4 members (excludes halogenated alkanes) is 1. The molecule has 1 aliphatic rings. The molecule has 0 aliphatic carbocycles. The molecule has 0 saturated carbocycles. The summed E-state index contributed by atoms with van der Waals surface area (Å²) in [6, 6.07) is 10.3. The molecule has 1 heterocycles. The highest BCUT2D eigenvalue weighted by molar-refractivity contribution is 7.99. The molecule has 21 heavy (non-hydrogen) atoms. The minimum Gasteiger partial charge on any atom is -0.354 e. The first-order valence-electron chi connectivity index (χ1n) is 7.92. The van der Waals surface area contributed by atoms with Gasteiger partial charge in [-0.2, -0.15) is 11.8 Å². The molecule has 1 fully saturated rings. The normalized spacial score (nSPS) is 17.4. The molecule has 1 aromatic carbocycles. The lowest BCUT2D eigenvalue weighted by atomic mass is 9.90. The third-order valence-electron chi connectivity index (χ3n) is 4.07. The zero-order valence-electron chi connectivity index (χ0n) is 12.9. The summed E-state index contributed by atoms with van der Waals surface area (Å²) in [4.78, 5) is 12.6. The lowest BCUT2D eigenvalue weighted by molar-refractivity contribution is -0.128. The number of carbonyl (C=O) groups excluding carboxylic acids is 1. The number of thioether (sulfide) groups is 1. The van der Waals surface area contributed by atoms with Crippen LogP contribution in [0.2, 0.25) is 0 Å². The third kappa shape index (κ3) is 4.75. The van der Waals surface area contributed by atoms with E-state index in [-0.39, 0.29) is 11.4 Å². The lowest BCUT2D eigenvalue weighted by Gasteiger charge is -2.36. The van der Waals surface area contributed by atoms with Crippen LogP contribution in [0.5, 0.6) is 0 Å². The average molecular weight is 306 g/mol. The first-order chi connectivity index (χ1) is 10.3. The largest absolute Gasteiger partial charge is 0.354 e. The average Bonchev–Trinajstić information content (AvgIpc) is 2.55. The van der Waals surface area contributed by atoms with Crippen LogP contribution in [0.25, 0.3) is 0 Å². The van der Waals surface area contributed by atoms with Crippen LogP contribution < -0.4 is 10.6 Å². The quantitative estimate of drug-likeness (QED) is 0.761. The molecular weight excluding hydrogens is 280 g/mol.